The van der Waals surface area contributed by atoms with Crippen LogP contribution in [0.4, 0.5) is 8.78 Å². The van der Waals surface area contributed by atoms with E-state index in [1.165, 1.54) is 0 Å². The van der Waals surface area contributed by atoms with Gasteiger partial charge >= 0.3 is 0 Å². The van der Waals surface area contributed by atoms with Gasteiger partial charge in [0.2, 0.25) is 0 Å². The molecule has 0 fully saturated rings. The lowest BCUT2D eigenvalue weighted by Crippen LogP contribution is -2.33. The number of hydrogen-bond acceptors (Lipinski definition) is 3. The molecule has 0 aliphatic rings. The molecule has 0 saturated heterocycles. The molecule has 0 spiro atoms. The third-order valence-corrected chi connectivity index (χ3v) is 2.78. The van der Waals surface area contributed by atoms with Crippen LogP contribution in [-0.2, 0) is 0 Å². The summed E-state index contributed by atoms with van der Waals surface area (Å²) in [6.07, 6.45) is -3.40. The number of rotatable bonds is 8. The Balaban J connectivity index is 2.46. The molecule has 1 aromatic rings. The van der Waals surface area contributed by atoms with Crippen LogP contribution in [0.15, 0.2) is 24.3 Å². The maximum Gasteiger partial charge on any atom is 0.265 e. The number of alkyl halides is 2. The Labute approximate surface area is 112 Å². The molecule has 0 bridgehead atoms. The number of hydrogen-bond donors (Lipinski definition) is 2. The number of aliphatic hydroxyl groups excluding tert-OH is 1. The normalized spacial score (nSPS) is 14.4. The van der Waals surface area contributed by atoms with Gasteiger partial charge in [-0.1, -0.05) is 19.1 Å². The van der Waals surface area contributed by atoms with Gasteiger partial charge in [-0.15, -0.1) is 0 Å². The predicted molar refractivity (Wildman–Crippen MR) is 70.7 cm³/mol. The average Bonchev–Trinajstić information content (AvgIpc) is 2.42. The summed E-state index contributed by atoms with van der Waals surface area (Å²) in [7, 11) is 0. The van der Waals surface area contributed by atoms with Gasteiger partial charge in [-0.05, 0) is 31.0 Å². The lowest BCUT2D eigenvalue weighted by molar-refractivity contribution is -0.00439. The molecule has 108 valence electrons. The van der Waals surface area contributed by atoms with Crippen molar-refractivity contribution in [3.8, 4) is 5.75 Å². The summed E-state index contributed by atoms with van der Waals surface area (Å²) in [5, 5.41) is 11.9. The van der Waals surface area contributed by atoms with Gasteiger partial charge in [0, 0.05) is 12.6 Å². The van der Waals surface area contributed by atoms with E-state index in [2.05, 4.69) is 5.32 Å². The summed E-state index contributed by atoms with van der Waals surface area (Å²) >= 11 is 0. The maximum absolute atomic E-state index is 12.1. The molecular formula is C14H21F2NO2. The molecule has 1 aromatic carbocycles. The van der Waals surface area contributed by atoms with Crippen molar-refractivity contribution in [1.29, 1.82) is 0 Å². The Kier molecular flexibility index (Phi) is 6.73. The monoisotopic (exact) mass is 273 g/mol. The molecular weight excluding hydrogens is 252 g/mol. The van der Waals surface area contributed by atoms with Gasteiger partial charge in [0.15, 0.2) is 0 Å². The third kappa shape index (κ3) is 5.53. The third-order valence-electron chi connectivity index (χ3n) is 2.78. The van der Waals surface area contributed by atoms with Gasteiger partial charge < -0.3 is 15.2 Å². The first kappa shape index (κ1) is 15.9. The molecule has 2 N–H and O–H groups in total. The number of ether oxygens (including phenoxy) is 1. The fourth-order valence-electron chi connectivity index (χ4n) is 1.58. The predicted octanol–water partition coefficient (Wildman–Crippen LogP) is 2.75. The van der Waals surface area contributed by atoms with Gasteiger partial charge in [0.1, 0.15) is 11.9 Å². The van der Waals surface area contributed by atoms with Crippen molar-refractivity contribution in [3.05, 3.63) is 29.8 Å². The molecule has 1 rings (SSSR count). The smallest absolute Gasteiger partial charge is 0.265 e. The highest BCUT2D eigenvalue weighted by molar-refractivity contribution is 5.28. The van der Waals surface area contributed by atoms with Crippen LogP contribution in [0, 0.1) is 0 Å². The summed E-state index contributed by atoms with van der Waals surface area (Å²) in [5.74, 6) is 0.797. The van der Waals surface area contributed by atoms with Crippen molar-refractivity contribution in [2.24, 2.45) is 0 Å². The molecule has 5 heteroatoms. The highest BCUT2D eigenvalue weighted by atomic mass is 19.3. The van der Waals surface area contributed by atoms with E-state index in [9.17, 15) is 8.78 Å². The van der Waals surface area contributed by atoms with Crippen molar-refractivity contribution >= 4 is 0 Å². The Hall–Kier alpha value is -1.20. The molecule has 3 nitrogen and oxygen atoms in total. The Morgan fingerprint density at radius 3 is 2.42 bits per heavy atom. The first-order valence-corrected chi connectivity index (χ1v) is 6.47. The van der Waals surface area contributed by atoms with E-state index >= 15 is 0 Å². The van der Waals surface area contributed by atoms with E-state index in [4.69, 9.17) is 9.84 Å². The highest BCUT2D eigenvalue weighted by Crippen LogP contribution is 2.18. The minimum Gasteiger partial charge on any atom is -0.494 e. The largest absolute Gasteiger partial charge is 0.494 e. The van der Waals surface area contributed by atoms with Gasteiger partial charge in [-0.25, -0.2) is 8.78 Å². The summed E-state index contributed by atoms with van der Waals surface area (Å²) in [5.41, 5.74) is 0.963. The summed E-state index contributed by atoms with van der Waals surface area (Å²) in [4.78, 5) is 0. The van der Waals surface area contributed by atoms with Gasteiger partial charge in [-0.3, -0.25) is 0 Å². The topological polar surface area (TPSA) is 41.5 Å². The van der Waals surface area contributed by atoms with Gasteiger partial charge in [0.25, 0.3) is 6.43 Å². The van der Waals surface area contributed by atoms with Crippen LogP contribution >= 0.6 is 0 Å². The van der Waals surface area contributed by atoms with Crippen molar-refractivity contribution in [2.45, 2.75) is 38.8 Å². The van der Waals surface area contributed by atoms with E-state index in [0.717, 1.165) is 17.7 Å². The van der Waals surface area contributed by atoms with Crippen LogP contribution in [0.1, 0.15) is 31.9 Å². The van der Waals surface area contributed by atoms with E-state index < -0.39 is 12.5 Å². The Morgan fingerprint density at radius 1 is 1.26 bits per heavy atom. The molecule has 0 radical (unpaired) electrons. The lowest BCUT2D eigenvalue weighted by Gasteiger charge is -2.17. The number of aliphatic hydroxyl groups is 1. The van der Waals surface area contributed by atoms with Crippen LogP contribution in [-0.4, -0.2) is 30.8 Å². The second kappa shape index (κ2) is 8.07. The van der Waals surface area contributed by atoms with Crippen molar-refractivity contribution in [2.75, 3.05) is 13.2 Å². The van der Waals surface area contributed by atoms with Crippen LogP contribution in [0.2, 0.25) is 0 Å². The van der Waals surface area contributed by atoms with E-state index in [1.807, 2.05) is 38.1 Å². The van der Waals surface area contributed by atoms with Crippen molar-refractivity contribution in [3.63, 3.8) is 0 Å². The van der Waals surface area contributed by atoms with E-state index in [0.29, 0.717) is 6.61 Å². The molecule has 0 saturated carbocycles. The zero-order valence-corrected chi connectivity index (χ0v) is 11.3. The minimum atomic E-state index is -2.72. The van der Waals surface area contributed by atoms with Gasteiger partial charge in [-0.2, -0.15) is 0 Å². The molecule has 0 heterocycles. The van der Waals surface area contributed by atoms with Crippen molar-refractivity contribution < 1.29 is 18.6 Å². The van der Waals surface area contributed by atoms with Crippen LogP contribution in [0.3, 0.4) is 0 Å². The molecule has 2 atom stereocenters. The Morgan fingerprint density at radius 2 is 1.89 bits per heavy atom. The fraction of sp³-hybridized carbons (Fsp3) is 0.571. The molecule has 19 heavy (non-hydrogen) atoms. The minimum absolute atomic E-state index is 0.103. The SMILES string of the molecule is CCCOc1ccc(C(C)NCC(O)C(F)F)cc1. The number of benzene rings is 1. The van der Waals surface area contributed by atoms with Crippen LogP contribution in [0.25, 0.3) is 0 Å². The maximum atomic E-state index is 12.1. The number of halogens is 2. The quantitative estimate of drug-likeness (QED) is 0.765. The van der Waals surface area contributed by atoms with Crippen LogP contribution < -0.4 is 10.1 Å². The highest BCUT2D eigenvalue weighted by Gasteiger charge is 2.17. The second-order valence-corrected chi connectivity index (χ2v) is 4.45. The lowest BCUT2D eigenvalue weighted by atomic mass is 10.1. The molecule has 0 aromatic heterocycles. The summed E-state index contributed by atoms with van der Waals surface area (Å²) in [6.45, 7) is 4.44. The number of nitrogens with one attached hydrogen (secondary N) is 1. The molecule has 0 aliphatic heterocycles. The summed E-state index contributed by atoms with van der Waals surface area (Å²) in [6, 6.07) is 7.38. The van der Waals surface area contributed by atoms with Crippen LogP contribution in [0.5, 0.6) is 5.75 Å². The van der Waals surface area contributed by atoms with E-state index in [1.54, 1.807) is 0 Å². The van der Waals surface area contributed by atoms with Gasteiger partial charge in [0.05, 0.1) is 6.61 Å². The summed E-state index contributed by atoms with van der Waals surface area (Å²) < 4.78 is 29.8. The standard InChI is InChI=1S/C14H21F2NO2/c1-3-8-19-12-6-4-11(5-7-12)10(2)17-9-13(18)14(15)16/h4-7,10,13-14,17-18H,3,8-9H2,1-2H3. The molecule has 0 amide bonds. The first-order chi connectivity index (χ1) is 9.04. The zero-order chi connectivity index (χ0) is 14.3. The fourth-order valence-corrected chi connectivity index (χ4v) is 1.58. The second-order valence-electron chi connectivity index (χ2n) is 4.45. The average molecular weight is 273 g/mol. The Bertz CT molecular complexity index is 357. The molecule has 0 aliphatic carbocycles. The molecule has 2 unspecified atom stereocenters. The van der Waals surface area contributed by atoms with E-state index in [-0.39, 0.29) is 12.6 Å². The zero-order valence-electron chi connectivity index (χ0n) is 11.3. The van der Waals surface area contributed by atoms with Crippen molar-refractivity contribution in [1.82, 2.24) is 5.32 Å². The first-order valence-electron chi connectivity index (χ1n) is 6.47.